The highest BCUT2D eigenvalue weighted by molar-refractivity contribution is 5.78. The van der Waals surface area contributed by atoms with Crippen LogP contribution in [0.15, 0.2) is 24.3 Å². The number of likely N-dealkylation sites (N-methyl/N-ethyl adjacent to an activating group) is 1. The van der Waals surface area contributed by atoms with E-state index in [0.717, 1.165) is 25.9 Å². The molecule has 110 valence electrons. The fourth-order valence-corrected chi connectivity index (χ4v) is 2.46. The number of amides is 1. The molecular weight excluding hydrogens is 257 g/mol. The Hall–Kier alpha value is -1.46. The van der Waals surface area contributed by atoms with Crippen LogP contribution < -0.4 is 10.6 Å². The maximum atomic E-state index is 13.4. The van der Waals surface area contributed by atoms with Crippen molar-refractivity contribution >= 4 is 5.91 Å². The topological polar surface area (TPSA) is 44.4 Å². The zero-order valence-corrected chi connectivity index (χ0v) is 11.9. The summed E-state index contributed by atoms with van der Waals surface area (Å²) in [5.74, 6) is -0.348. The van der Waals surface area contributed by atoms with Crippen LogP contribution in [0.5, 0.6) is 0 Å². The van der Waals surface area contributed by atoms with Crippen LogP contribution in [0.2, 0.25) is 0 Å². The highest BCUT2D eigenvalue weighted by Gasteiger charge is 2.19. The van der Waals surface area contributed by atoms with Crippen molar-refractivity contribution in [2.24, 2.45) is 0 Å². The van der Waals surface area contributed by atoms with Crippen molar-refractivity contribution in [1.29, 1.82) is 0 Å². The molecule has 1 heterocycles. The van der Waals surface area contributed by atoms with E-state index in [9.17, 15) is 9.18 Å². The lowest BCUT2D eigenvalue weighted by atomic mass is 10.1. The number of hydrogen-bond donors (Lipinski definition) is 2. The molecule has 5 heteroatoms. The number of benzene rings is 1. The minimum absolute atomic E-state index is 0.0682. The molecule has 1 amide bonds. The van der Waals surface area contributed by atoms with Crippen LogP contribution in [0.25, 0.3) is 0 Å². The van der Waals surface area contributed by atoms with Gasteiger partial charge in [-0.25, -0.2) is 4.39 Å². The van der Waals surface area contributed by atoms with Gasteiger partial charge in [-0.05, 0) is 32.5 Å². The first-order valence-corrected chi connectivity index (χ1v) is 7.08. The molecule has 1 unspecified atom stereocenters. The molecule has 1 saturated heterocycles. The second-order valence-corrected chi connectivity index (χ2v) is 5.28. The monoisotopic (exact) mass is 279 g/mol. The van der Waals surface area contributed by atoms with Gasteiger partial charge in [-0.15, -0.1) is 0 Å². The van der Waals surface area contributed by atoms with E-state index in [1.807, 2.05) is 7.05 Å². The molecule has 0 radical (unpaired) electrons. The molecule has 0 spiro atoms. The highest BCUT2D eigenvalue weighted by Crippen LogP contribution is 2.08. The number of piperidine rings is 1. The van der Waals surface area contributed by atoms with Crippen molar-refractivity contribution in [3.8, 4) is 0 Å². The van der Waals surface area contributed by atoms with Crippen LogP contribution in [0.4, 0.5) is 4.39 Å². The second-order valence-electron chi connectivity index (χ2n) is 5.28. The van der Waals surface area contributed by atoms with Gasteiger partial charge in [0.2, 0.25) is 5.91 Å². The summed E-state index contributed by atoms with van der Waals surface area (Å²) >= 11 is 0. The van der Waals surface area contributed by atoms with Gasteiger partial charge in [0.15, 0.2) is 0 Å². The number of rotatable bonds is 5. The number of nitrogens with zero attached hydrogens (tertiary/aromatic N) is 1. The van der Waals surface area contributed by atoms with E-state index in [0.29, 0.717) is 18.2 Å². The maximum Gasteiger partial charge on any atom is 0.234 e. The second kappa shape index (κ2) is 7.36. The van der Waals surface area contributed by atoms with E-state index in [1.54, 1.807) is 18.2 Å². The smallest absolute Gasteiger partial charge is 0.234 e. The van der Waals surface area contributed by atoms with Gasteiger partial charge in [-0.2, -0.15) is 0 Å². The summed E-state index contributed by atoms with van der Waals surface area (Å²) < 4.78 is 13.4. The summed E-state index contributed by atoms with van der Waals surface area (Å²) in [5.41, 5.74) is 0.517. The Labute approximate surface area is 119 Å². The SMILES string of the molecule is CN(CC(=O)NCc1ccccc1F)C1CCCNC1. The minimum Gasteiger partial charge on any atom is -0.351 e. The first-order valence-electron chi connectivity index (χ1n) is 7.08. The van der Waals surface area contributed by atoms with Crippen LogP contribution in [-0.2, 0) is 11.3 Å². The maximum absolute atomic E-state index is 13.4. The Morgan fingerprint density at radius 3 is 3.00 bits per heavy atom. The Kier molecular flexibility index (Phi) is 5.49. The predicted octanol–water partition coefficient (Wildman–Crippen LogP) is 1.13. The number of carbonyl (C=O) groups is 1. The van der Waals surface area contributed by atoms with Crippen LogP contribution >= 0.6 is 0 Å². The summed E-state index contributed by atoms with van der Waals surface area (Å²) in [5, 5.41) is 6.10. The van der Waals surface area contributed by atoms with Gasteiger partial charge in [-0.3, -0.25) is 9.69 Å². The Morgan fingerprint density at radius 2 is 2.30 bits per heavy atom. The summed E-state index contributed by atoms with van der Waals surface area (Å²) in [6.45, 7) is 2.57. The largest absolute Gasteiger partial charge is 0.351 e. The van der Waals surface area contributed by atoms with Gasteiger partial charge in [0.1, 0.15) is 5.82 Å². The number of carbonyl (C=O) groups excluding carboxylic acids is 1. The van der Waals surface area contributed by atoms with Gasteiger partial charge in [0, 0.05) is 24.7 Å². The molecule has 4 nitrogen and oxygen atoms in total. The molecule has 1 atom stereocenters. The molecule has 1 aliphatic rings. The molecule has 1 aromatic rings. The predicted molar refractivity (Wildman–Crippen MR) is 76.8 cm³/mol. The van der Waals surface area contributed by atoms with E-state index in [-0.39, 0.29) is 18.3 Å². The van der Waals surface area contributed by atoms with Crippen molar-refractivity contribution in [2.75, 3.05) is 26.7 Å². The van der Waals surface area contributed by atoms with E-state index in [1.165, 1.54) is 6.07 Å². The van der Waals surface area contributed by atoms with Crippen LogP contribution in [-0.4, -0.2) is 43.5 Å². The van der Waals surface area contributed by atoms with Crippen molar-refractivity contribution < 1.29 is 9.18 Å². The number of hydrogen-bond acceptors (Lipinski definition) is 3. The first-order chi connectivity index (χ1) is 9.66. The van der Waals surface area contributed by atoms with E-state index in [4.69, 9.17) is 0 Å². The third-order valence-corrected chi connectivity index (χ3v) is 3.72. The molecular formula is C15H22FN3O. The average molecular weight is 279 g/mol. The van der Waals surface area contributed by atoms with Crippen molar-refractivity contribution in [2.45, 2.75) is 25.4 Å². The quantitative estimate of drug-likeness (QED) is 0.849. The molecule has 2 rings (SSSR count). The molecule has 20 heavy (non-hydrogen) atoms. The third-order valence-electron chi connectivity index (χ3n) is 3.72. The van der Waals surface area contributed by atoms with Gasteiger partial charge in [0.05, 0.1) is 6.54 Å². The fourth-order valence-electron chi connectivity index (χ4n) is 2.46. The lowest BCUT2D eigenvalue weighted by Gasteiger charge is -2.31. The zero-order chi connectivity index (χ0) is 14.4. The standard InChI is InChI=1S/C15H22FN3O/c1-19(13-6-4-8-17-10-13)11-15(20)18-9-12-5-2-3-7-14(12)16/h2-3,5,7,13,17H,4,6,8-11H2,1H3,(H,18,20). The Morgan fingerprint density at radius 1 is 1.50 bits per heavy atom. The molecule has 1 fully saturated rings. The summed E-state index contributed by atoms with van der Waals surface area (Å²) in [4.78, 5) is 13.9. The number of nitrogens with one attached hydrogen (secondary N) is 2. The summed E-state index contributed by atoms with van der Waals surface area (Å²) in [6.07, 6.45) is 2.26. The lowest BCUT2D eigenvalue weighted by molar-refractivity contribution is -0.122. The normalized spacial score (nSPS) is 19.1. The lowest BCUT2D eigenvalue weighted by Crippen LogP contribution is -2.47. The van der Waals surface area contributed by atoms with Crippen molar-refractivity contribution in [1.82, 2.24) is 15.5 Å². The van der Waals surface area contributed by atoms with Crippen LogP contribution in [0.3, 0.4) is 0 Å². The zero-order valence-electron chi connectivity index (χ0n) is 11.9. The van der Waals surface area contributed by atoms with E-state index in [2.05, 4.69) is 15.5 Å². The Bertz CT molecular complexity index is 446. The average Bonchev–Trinajstić information content (AvgIpc) is 2.47. The number of halogens is 1. The van der Waals surface area contributed by atoms with Gasteiger partial charge >= 0.3 is 0 Å². The van der Waals surface area contributed by atoms with Gasteiger partial charge in [-0.1, -0.05) is 18.2 Å². The van der Waals surface area contributed by atoms with Crippen LogP contribution in [0, 0.1) is 5.82 Å². The molecule has 2 N–H and O–H groups in total. The third kappa shape index (κ3) is 4.28. The summed E-state index contributed by atoms with van der Waals surface area (Å²) in [6, 6.07) is 6.91. The molecule has 0 bridgehead atoms. The van der Waals surface area contributed by atoms with Gasteiger partial charge in [0.25, 0.3) is 0 Å². The first kappa shape index (κ1) is 14.9. The highest BCUT2D eigenvalue weighted by atomic mass is 19.1. The molecule has 1 aliphatic heterocycles. The van der Waals surface area contributed by atoms with Gasteiger partial charge < -0.3 is 10.6 Å². The fraction of sp³-hybridized carbons (Fsp3) is 0.533. The minimum atomic E-state index is -0.280. The van der Waals surface area contributed by atoms with E-state index < -0.39 is 0 Å². The molecule has 0 saturated carbocycles. The van der Waals surface area contributed by atoms with Crippen molar-refractivity contribution in [3.63, 3.8) is 0 Å². The van der Waals surface area contributed by atoms with Crippen LogP contribution in [0.1, 0.15) is 18.4 Å². The summed E-state index contributed by atoms with van der Waals surface area (Å²) in [7, 11) is 1.96. The molecule has 1 aromatic carbocycles. The Balaban J connectivity index is 1.76. The van der Waals surface area contributed by atoms with E-state index >= 15 is 0 Å². The molecule has 0 aliphatic carbocycles. The molecule has 0 aromatic heterocycles. The van der Waals surface area contributed by atoms with Crippen molar-refractivity contribution in [3.05, 3.63) is 35.6 Å².